The topological polar surface area (TPSA) is 50.5 Å². The van der Waals surface area contributed by atoms with Crippen molar-refractivity contribution in [1.29, 1.82) is 0 Å². The summed E-state index contributed by atoms with van der Waals surface area (Å²) >= 11 is 12.9. The van der Waals surface area contributed by atoms with Crippen LogP contribution in [0.4, 0.5) is 10.5 Å². The van der Waals surface area contributed by atoms with Gasteiger partial charge >= 0.3 is 0 Å². The smallest absolute Gasteiger partial charge is 0.298 e. The molecule has 0 spiro atoms. The molecule has 146 valence electrons. The van der Waals surface area contributed by atoms with E-state index in [9.17, 15) is 9.59 Å². The minimum Gasteiger partial charge on any atom is -0.457 e. The molecule has 2 amide bonds. The first-order chi connectivity index (χ1) is 13.8. The second-order valence-electron chi connectivity index (χ2n) is 6.64. The van der Waals surface area contributed by atoms with Crippen LogP contribution in [-0.2, 0) is 4.79 Å². The van der Waals surface area contributed by atoms with E-state index in [2.05, 4.69) is 0 Å². The Balaban J connectivity index is 1.62. The predicted molar refractivity (Wildman–Crippen MR) is 119 cm³/mol. The monoisotopic (exact) mass is 443 g/mol. The summed E-state index contributed by atoms with van der Waals surface area (Å²) in [5, 5.41) is 0.559. The molecule has 1 aliphatic rings. The zero-order chi connectivity index (χ0) is 20.7. The van der Waals surface area contributed by atoms with Gasteiger partial charge in [-0.1, -0.05) is 40.9 Å². The number of amides is 2. The summed E-state index contributed by atoms with van der Waals surface area (Å²) < 4.78 is 5.82. The number of hydrogen-bond donors (Lipinski definition) is 0. The molecule has 0 atom stereocenters. The van der Waals surface area contributed by atoms with Gasteiger partial charge in [0.05, 0.1) is 20.6 Å². The lowest BCUT2D eigenvalue weighted by molar-refractivity contribution is -0.113. The molecular weight excluding hydrogens is 429 g/mol. The molecule has 4 nitrogen and oxygen atoms in total. The number of rotatable bonds is 3. The van der Waals surface area contributed by atoms with Gasteiger partial charge in [0.1, 0.15) is 11.5 Å². The fourth-order valence-corrected chi connectivity index (χ4v) is 4.21. The van der Waals surface area contributed by atoms with Crippen molar-refractivity contribution in [2.24, 2.45) is 0 Å². The molecule has 0 bridgehead atoms. The van der Waals surface area contributed by atoms with Crippen molar-refractivity contribution in [3.63, 3.8) is 0 Å². The van der Waals surface area contributed by atoms with E-state index in [0.29, 0.717) is 32.2 Å². The Bertz CT molecular complexity index is 1180. The van der Waals surface area contributed by atoms with Gasteiger partial charge in [-0.2, -0.15) is 0 Å². The highest BCUT2D eigenvalue weighted by atomic mass is 35.5. The number of carbonyl (C=O) groups excluding carboxylic acids is 2. The van der Waals surface area contributed by atoms with E-state index in [0.717, 1.165) is 28.5 Å². The van der Waals surface area contributed by atoms with Crippen LogP contribution in [0.2, 0.25) is 10.0 Å². The van der Waals surface area contributed by atoms with E-state index in [1.807, 2.05) is 26.0 Å². The molecule has 1 aliphatic heterocycles. The number of carbonyl (C=O) groups is 2. The van der Waals surface area contributed by atoms with Crippen molar-refractivity contribution in [2.75, 3.05) is 4.90 Å². The van der Waals surface area contributed by atoms with Gasteiger partial charge in [-0.15, -0.1) is 0 Å². The average Bonchev–Trinajstić information content (AvgIpc) is 3.23. The zero-order valence-electron chi connectivity index (χ0n) is 15.5. The Hall–Kier alpha value is -2.47. The zero-order valence-corrected chi connectivity index (χ0v) is 17.9. The van der Waals surface area contributed by atoms with Crippen molar-refractivity contribution < 1.29 is 14.0 Å². The number of benzene rings is 2. The Morgan fingerprint density at radius 3 is 2.48 bits per heavy atom. The summed E-state index contributed by atoms with van der Waals surface area (Å²) in [5.74, 6) is 0.695. The van der Waals surface area contributed by atoms with Crippen LogP contribution in [0, 0.1) is 13.8 Å². The number of thioether (sulfide) groups is 1. The third-order valence-electron chi connectivity index (χ3n) is 4.49. The molecule has 7 heteroatoms. The number of aryl methyl sites for hydroxylation is 2. The van der Waals surface area contributed by atoms with Crippen LogP contribution in [0.5, 0.6) is 0 Å². The van der Waals surface area contributed by atoms with Gasteiger partial charge in [-0.05, 0) is 67.6 Å². The summed E-state index contributed by atoms with van der Waals surface area (Å²) in [6.45, 7) is 3.85. The van der Waals surface area contributed by atoms with Gasteiger partial charge in [0.2, 0.25) is 0 Å². The third kappa shape index (κ3) is 3.86. The van der Waals surface area contributed by atoms with Crippen molar-refractivity contribution in [2.45, 2.75) is 13.8 Å². The number of halogens is 2. The standard InChI is InChI=1S/C22H15Cl2NO3S/c1-12-3-7-18(13(2)9-12)25-21(26)20(29-22(25)27)11-15-5-8-19(28-15)14-4-6-16(23)17(24)10-14/h3-11H,1-2H3/b20-11+. The molecule has 0 unspecified atom stereocenters. The van der Waals surface area contributed by atoms with E-state index < -0.39 is 0 Å². The molecule has 1 fully saturated rings. The van der Waals surface area contributed by atoms with Crippen LogP contribution in [0.1, 0.15) is 16.9 Å². The average molecular weight is 444 g/mol. The van der Waals surface area contributed by atoms with Gasteiger partial charge in [0, 0.05) is 11.6 Å². The molecule has 1 aromatic heterocycles. The highest BCUT2D eigenvalue weighted by Gasteiger charge is 2.37. The summed E-state index contributed by atoms with van der Waals surface area (Å²) in [6.07, 6.45) is 1.58. The quantitative estimate of drug-likeness (QED) is 0.404. The lowest BCUT2D eigenvalue weighted by Crippen LogP contribution is -2.28. The number of hydrogen-bond acceptors (Lipinski definition) is 4. The molecule has 3 aromatic rings. The highest BCUT2D eigenvalue weighted by molar-refractivity contribution is 8.19. The van der Waals surface area contributed by atoms with E-state index in [1.165, 1.54) is 4.90 Å². The van der Waals surface area contributed by atoms with Crippen LogP contribution in [-0.4, -0.2) is 11.1 Å². The van der Waals surface area contributed by atoms with Crippen LogP contribution in [0.25, 0.3) is 17.4 Å². The van der Waals surface area contributed by atoms with Crippen LogP contribution >= 0.6 is 35.0 Å². The summed E-state index contributed by atoms with van der Waals surface area (Å²) in [5.41, 5.74) is 3.30. The maximum absolute atomic E-state index is 12.9. The molecule has 0 aliphatic carbocycles. The van der Waals surface area contributed by atoms with Gasteiger partial charge in [0.25, 0.3) is 11.1 Å². The maximum Gasteiger partial charge on any atom is 0.298 e. The summed E-state index contributed by atoms with van der Waals surface area (Å²) in [6, 6.07) is 14.3. The predicted octanol–water partition coefficient (Wildman–Crippen LogP) is 7.11. The Morgan fingerprint density at radius 1 is 0.966 bits per heavy atom. The number of anilines is 1. The van der Waals surface area contributed by atoms with Gasteiger partial charge in [0.15, 0.2) is 0 Å². The Kier molecular flexibility index (Phi) is 5.30. The fraction of sp³-hybridized carbons (Fsp3) is 0.0909. The SMILES string of the molecule is Cc1ccc(N2C(=O)S/C(=C/c3ccc(-c4ccc(Cl)c(Cl)c4)o3)C2=O)c(C)c1. The van der Waals surface area contributed by atoms with Crippen LogP contribution in [0.3, 0.4) is 0 Å². The van der Waals surface area contributed by atoms with Crippen molar-refractivity contribution in [3.8, 4) is 11.3 Å². The summed E-state index contributed by atoms with van der Waals surface area (Å²) in [7, 11) is 0. The van der Waals surface area contributed by atoms with Crippen molar-refractivity contribution >= 4 is 57.9 Å². The first kappa shape index (κ1) is 19.8. The summed E-state index contributed by atoms with van der Waals surface area (Å²) in [4.78, 5) is 26.9. The van der Waals surface area contributed by atoms with Crippen molar-refractivity contribution in [3.05, 3.63) is 80.4 Å². The van der Waals surface area contributed by atoms with Gasteiger partial charge < -0.3 is 4.42 Å². The minimum absolute atomic E-state index is 0.310. The molecule has 0 saturated carbocycles. The minimum atomic E-state index is -0.362. The molecule has 2 heterocycles. The Morgan fingerprint density at radius 2 is 1.76 bits per heavy atom. The normalized spacial score (nSPS) is 15.6. The number of furan rings is 1. The van der Waals surface area contributed by atoms with Crippen LogP contribution < -0.4 is 4.90 Å². The number of nitrogens with zero attached hydrogens (tertiary/aromatic N) is 1. The molecule has 4 rings (SSSR count). The highest BCUT2D eigenvalue weighted by Crippen LogP contribution is 2.38. The van der Waals surface area contributed by atoms with E-state index >= 15 is 0 Å². The maximum atomic E-state index is 12.9. The molecular formula is C22H15Cl2NO3S. The van der Waals surface area contributed by atoms with Crippen molar-refractivity contribution in [1.82, 2.24) is 0 Å². The molecule has 29 heavy (non-hydrogen) atoms. The number of imide groups is 1. The molecule has 2 aromatic carbocycles. The first-order valence-electron chi connectivity index (χ1n) is 8.74. The van der Waals surface area contributed by atoms with E-state index in [4.69, 9.17) is 27.6 Å². The molecule has 0 N–H and O–H groups in total. The molecule has 0 radical (unpaired) electrons. The Labute approximate surface area is 182 Å². The van der Waals surface area contributed by atoms with Crippen LogP contribution in [0.15, 0.2) is 57.9 Å². The lowest BCUT2D eigenvalue weighted by atomic mass is 10.1. The van der Waals surface area contributed by atoms with Gasteiger partial charge in [-0.3, -0.25) is 9.59 Å². The second kappa shape index (κ2) is 7.75. The largest absolute Gasteiger partial charge is 0.457 e. The van der Waals surface area contributed by atoms with Gasteiger partial charge in [-0.25, -0.2) is 4.90 Å². The molecule has 1 saturated heterocycles. The van der Waals surface area contributed by atoms with E-state index in [-0.39, 0.29) is 11.1 Å². The first-order valence-corrected chi connectivity index (χ1v) is 10.3. The second-order valence-corrected chi connectivity index (χ2v) is 8.45. The lowest BCUT2D eigenvalue weighted by Gasteiger charge is -2.15. The third-order valence-corrected chi connectivity index (χ3v) is 6.10. The van der Waals surface area contributed by atoms with E-state index in [1.54, 1.807) is 42.5 Å². The fourth-order valence-electron chi connectivity index (χ4n) is 3.10.